The van der Waals surface area contributed by atoms with Gasteiger partial charge >= 0.3 is 0 Å². The molecule has 1 fully saturated rings. The molecule has 1 heterocycles. The van der Waals surface area contributed by atoms with Crippen molar-refractivity contribution >= 4 is 23.6 Å². The lowest BCUT2D eigenvalue weighted by atomic mass is 9.90. The van der Waals surface area contributed by atoms with Gasteiger partial charge in [-0.05, 0) is 57.1 Å². The van der Waals surface area contributed by atoms with E-state index in [0.29, 0.717) is 13.0 Å². The average Bonchev–Trinajstić information content (AvgIpc) is 3.56. The van der Waals surface area contributed by atoms with Crippen LogP contribution in [-0.2, 0) is 28.7 Å². The van der Waals surface area contributed by atoms with Crippen molar-refractivity contribution in [2.75, 3.05) is 41.4 Å². The van der Waals surface area contributed by atoms with Crippen LogP contribution in [0.1, 0.15) is 80.1 Å². The summed E-state index contributed by atoms with van der Waals surface area (Å²) in [5, 5.41) is 19.5. The Morgan fingerprint density at radius 1 is 1.06 bits per heavy atom. The molecule has 4 amide bonds. The predicted octanol–water partition coefficient (Wildman–Crippen LogP) is 2.41. The Morgan fingerprint density at radius 2 is 1.75 bits per heavy atom. The number of carbonyl (C=O) groups excluding carboxylic acids is 4. The lowest BCUT2D eigenvalue weighted by molar-refractivity contribution is -0.146. The summed E-state index contributed by atoms with van der Waals surface area (Å²) in [6.07, 6.45) is 8.01. The summed E-state index contributed by atoms with van der Waals surface area (Å²) in [5.74, 6) is -1.40. The number of allylic oxidation sites excluding steroid dienone is 2. The maximum atomic E-state index is 14.0. The molecule has 0 spiro atoms. The molecule has 48 heavy (non-hydrogen) atoms. The summed E-state index contributed by atoms with van der Waals surface area (Å²) in [5.41, 5.74) is 0.798. The van der Waals surface area contributed by atoms with E-state index >= 15 is 0 Å². The van der Waals surface area contributed by atoms with Crippen LogP contribution in [0.5, 0.6) is 0 Å². The number of nitrogens with one attached hydrogen (secondary N) is 3. The van der Waals surface area contributed by atoms with Crippen molar-refractivity contribution < 1.29 is 33.8 Å². The molecule has 1 aliphatic carbocycles. The second kappa shape index (κ2) is 20.0. The van der Waals surface area contributed by atoms with Gasteiger partial charge in [0, 0.05) is 27.8 Å². The minimum Gasteiger partial charge on any atom is -0.386 e. The monoisotopic (exact) mass is 677 g/mol. The SMILES string of the molecule is CCC(C)C(C(CC(=O)N1CCCC1C(OC)C(C)C(=O)NC(C)C(O)C1=CCCC=C1)OC)N(C)C(=O)CNC(=O)C(NC)C(C)C. The van der Waals surface area contributed by atoms with Crippen LogP contribution in [0.25, 0.3) is 0 Å². The second-order valence-electron chi connectivity index (χ2n) is 13.8. The maximum absolute atomic E-state index is 14.0. The normalized spacial score (nSPS) is 21.4. The topological polar surface area (TPSA) is 150 Å². The van der Waals surface area contributed by atoms with Gasteiger partial charge in [0.25, 0.3) is 0 Å². The summed E-state index contributed by atoms with van der Waals surface area (Å²) >= 11 is 0. The van der Waals surface area contributed by atoms with E-state index in [1.165, 1.54) is 0 Å². The van der Waals surface area contributed by atoms with Crippen LogP contribution in [0.4, 0.5) is 0 Å². The van der Waals surface area contributed by atoms with Crippen molar-refractivity contribution in [1.29, 1.82) is 0 Å². The third-order valence-corrected chi connectivity index (χ3v) is 10.2. The number of hydrogen-bond donors (Lipinski definition) is 4. The summed E-state index contributed by atoms with van der Waals surface area (Å²) in [6.45, 7) is 11.9. The van der Waals surface area contributed by atoms with Crippen LogP contribution in [0.15, 0.2) is 23.8 Å². The molecule has 9 atom stereocenters. The van der Waals surface area contributed by atoms with E-state index in [2.05, 4.69) is 16.0 Å². The third kappa shape index (κ3) is 10.9. The van der Waals surface area contributed by atoms with E-state index in [0.717, 1.165) is 31.3 Å². The first-order chi connectivity index (χ1) is 22.7. The molecule has 0 bridgehead atoms. The molecule has 12 heteroatoms. The fraction of sp³-hybridized carbons (Fsp3) is 0.778. The molecular weight excluding hydrogens is 614 g/mol. The number of likely N-dealkylation sites (tertiary alicyclic amines) is 1. The largest absolute Gasteiger partial charge is 0.386 e. The molecule has 1 aliphatic heterocycles. The van der Waals surface area contributed by atoms with Gasteiger partial charge in [0.1, 0.15) is 0 Å². The minimum atomic E-state index is -0.820. The second-order valence-corrected chi connectivity index (χ2v) is 13.8. The Balaban J connectivity index is 2.13. The number of aliphatic hydroxyl groups is 1. The van der Waals surface area contributed by atoms with Crippen LogP contribution in [0, 0.1) is 17.8 Å². The summed E-state index contributed by atoms with van der Waals surface area (Å²) < 4.78 is 11.8. The first-order valence-corrected chi connectivity index (χ1v) is 17.6. The van der Waals surface area contributed by atoms with Crippen molar-refractivity contribution in [1.82, 2.24) is 25.8 Å². The molecule has 4 N–H and O–H groups in total. The van der Waals surface area contributed by atoms with Crippen molar-refractivity contribution in [3.05, 3.63) is 23.8 Å². The quantitative estimate of drug-likeness (QED) is 0.163. The van der Waals surface area contributed by atoms with E-state index in [4.69, 9.17) is 9.47 Å². The standard InChI is InChI=1S/C36H63N5O7/c1-11-23(4)32(40(8)30(43)21-38-36(46)31(37-7)22(2)3)28(47-9)20-29(42)41-19-15-18-27(41)34(48-10)24(5)35(45)39-25(6)33(44)26-16-13-12-14-17-26/h13,16-17,22-25,27-28,31-34,37,44H,11-12,14-15,18-21H2,1-10H3,(H,38,46)(H,39,45). The Morgan fingerprint density at radius 3 is 2.29 bits per heavy atom. The van der Waals surface area contributed by atoms with Crippen LogP contribution < -0.4 is 16.0 Å². The highest BCUT2D eigenvalue weighted by Crippen LogP contribution is 2.29. The van der Waals surface area contributed by atoms with Crippen molar-refractivity contribution in [3.8, 4) is 0 Å². The van der Waals surface area contributed by atoms with Gasteiger partial charge in [0.15, 0.2) is 0 Å². The van der Waals surface area contributed by atoms with E-state index in [-0.39, 0.29) is 54.5 Å². The Hall–Kier alpha value is -2.80. The molecule has 0 saturated carbocycles. The van der Waals surface area contributed by atoms with Crippen molar-refractivity contribution in [2.45, 2.75) is 123 Å². The third-order valence-electron chi connectivity index (χ3n) is 10.2. The zero-order valence-corrected chi connectivity index (χ0v) is 31.0. The van der Waals surface area contributed by atoms with Crippen molar-refractivity contribution in [3.63, 3.8) is 0 Å². The van der Waals surface area contributed by atoms with Gasteiger partial charge in [-0.25, -0.2) is 0 Å². The molecular formula is C36H63N5O7. The van der Waals surface area contributed by atoms with E-state index in [1.54, 1.807) is 52.0 Å². The van der Waals surface area contributed by atoms with Gasteiger partial charge in [0.2, 0.25) is 23.6 Å². The van der Waals surface area contributed by atoms with Gasteiger partial charge in [-0.2, -0.15) is 0 Å². The summed E-state index contributed by atoms with van der Waals surface area (Å²) in [4.78, 5) is 56.7. The van der Waals surface area contributed by atoms with E-state index in [1.807, 2.05) is 45.9 Å². The van der Waals surface area contributed by atoms with Gasteiger partial charge in [0.05, 0.1) is 61.4 Å². The van der Waals surface area contributed by atoms with Crippen LogP contribution in [-0.4, -0.2) is 122 Å². The highest BCUT2D eigenvalue weighted by molar-refractivity contribution is 5.87. The first kappa shape index (κ1) is 41.4. The van der Waals surface area contributed by atoms with Gasteiger partial charge in [-0.15, -0.1) is 0 Å². The number of nitrogens with zero attached hydrogens (tertiary/aromatic N) is 2. The van der Waals surface area contributed by atoms with E-state index < -0.39 is 42.4 Å². The van der Waals surface area contributed by atoms with Gasteiger partial charge < -0.3 is 40.3 Å². The lowest BCUT2D eigenvalue weighted by Gasteiger charge is -2.39. The highest BCUT2D eigenvalue weighted by atomic mass is 16.5. The number of amides is 4. The summed E-state index contributed by atoms with van der Waals surface area (Å²) in [6, 6.07) is -1.64. The molecule has 9 unspecified atom stereocenters. The average molecular weight is 678 g/mol. The fourth-order valence-corrected chi connectivity index (χ4v) is 7.07. The molecule has 0 aromatic rings. The Labute approximate surface area is 288 Å². The van der Waals surface area contributed by atoms with Crippen LogP contribution in [0.3, 0.4) is 0 Å². The number of carbonyl (C=O) groups is 4. The van der Waals surface area contributed by atoms with Crippen LogP contribution in [0.2, 0.25) is 0 Å². The molecule has 0 aromatic carbocycles. The first-order valence-electron chi connectivity index (χ1n) is 17.6. The smallest absolute Gasteiger partial charge is 0.242 e. The van der Waals surface area contributed by atoms with Gasteiger partial charge in [-0.3, -0.25) is 19.2 Å². The summed E-state index contributed by atoms with van der Waals surface area (Å²) in [7, 11) is 6.52. The number of aliphatic hydroxyl groups excluding tert-OH is 1. The number of ether oxygens (including phenoxy) is 2. The Kier molecular flexibility index (Phi) is 17.2. The van der Waals surface area contributed by atoms with E-state index in [9.17, 15) is 24.3 Å². The Bertz CT molecular complexity index is 1130. The zero-order valence-electron chi connectivity index (χ0n) is 31.0. The van der Waals surface area contributed by atoms with Crippen molar-refractivity contribution in [2.24, 2.45) is 17.8 Å². The number of likely N-dealkylation sites (N-methyl/N-ethyl adjacent to an activating group) is 2. The molecule has 2 aliphatic rings. The minimum absolute atomic E-state index is 0.00939. The van der Waals surface area contributed by atoms with Crippen LogP contribution >= 0.6 is 0 Å². The molecule has 274 valence electrons. The molecule has 0 aromatic heterocycles. The number of hydrogen-bond acceptors (Lipinski definition) is 8. The number of methoxy groups -OCH3 is 2. The predicted molar refractivity (Wildman–Crippen MR) is 187 cm³/mol. The molecule has 1 saturated heterocycles. The maximum Gasteiger partial charge on any atom is 0.242 e. The molecule has 0 radical (unpaired) electrons. The zero-order chi connectivity index (χ0) is 36.1. The fourth-order valence-electron chi connectivity index (χ4n) is 7.07. The molecule has 12 nitrogen and oxygen atoms in total. The lowest BCUT2D eigenvalue weighted by Crippen LogP contribution is -2.55. The highest BCUT2D eigenvalue weighted by Gasteiger charge is 2.42. The van der Waals surface area contributed by atoms with Gasteiger partial charge in [-0.1, -0.05) is 59.3 Å². The molecule has 2 rings (SSSR count). The number of rotatable bonds is 19.